The maximum absolute atomic E-state index is 13.1. The van der Waals surface area contributed by atoms with Crippen molar-refractivity contribution in [3.05, 3.63) is 41.8 Å². The number of alkyl halides is 2. The van der Waals surface area contributed by atoms with E-state index in [1.807, 2.05) is 0 Å². The minimum atomic E-state index is -2.83. The number of carbonyl (C=O) groups is 1. The lowest BCUT2D eigenvalue weighted by Gasteiger charge is -2.10. The Hall–Kier alpha value is -3.32. The third kappa shape index (κ3) is 6.58. The average Bonchev–Trinajstić information content (AvgIpc) is 3.12. The Morgan fingerprint density at radius 1 is 1.32 bits per heavy atom. The fourth-order valence-electron chi connectivity index (χ4n) is 2.96. The van der Waals surface area contributed by atoms with Crippen LogP contribution in [0.1, 0.15) is 24.8 Å². The number of anilines is 3. The van der Waals surface area contributed by atoms with Gasteiger partial charge in [-0.2, -0.15) is 4.98 Å². The summed E-state index contributed by atoms with van der Waals surface area (Å²) in [6, 6.07) is 4.99. The lowest BCUT2D eigenvalue weighted by atomic mass is 10.2. The van der Waals surface area contributed by atoms with Crippen LogP contribution in [0.15, 0.2) is 30.5 Å². The molecule has 0 unspecified atom stereocenters. The smallest absolute Gasteiger partial charge is 0.262 e. The Labute approximate surface area is 178 Å². The second kappa shape index (κ2) is 10.1. The Balaban J connectivity index is 1.46. The minimum absolute atomic E-state index is 0.329. The second-order valence-corrected chi connectivity index (χ2v) is 7.03. The monoisotopic (exact) mass is 432 g/mol. The van der Waals surface area contributed by atoms with E-state index in [1.54, 1.807) is 25.4 Å². The number of carbonyl (C=O) groups excluding carboxylic acids is 1. The van der Waals surface area contributed by atoms with Gasteiger partial charge in [0.25, 0.3) is 5.92 Å². The van der Waals surface area contributed by atoms with Crippen LogP contribution in [0.5, 0.6) is 0 Å². The van der Waals surface area contributed by atoms with Gasteiger partial charge in [-0.3, -0.25) is 10.1 Å². The number of benzene rings is 1. The normalized spacial score (nSPS) is 16.8. The molecule has 1 aromatic carbocycles. The van der Waals surface area contributed by atoms with Crippen LogP contribution < -0.4 is 21.3 Å². The third-order valence-corrected chi connectivity index (χ3v) is 4.55. The summed E-state index contributed by atoms with van der Waals surface area (Å²) in [5, 5.41) is 11.1. The summed E-state index contributed by atoms with van der Waals surface area (Å²) in [4.78, 5) is 20.4. The van der Waals surface area contributed by atoms with Gasteiger partial charge in [0, 0.05) is 32.1 Å². The molecular formula is C21H23F3N6O. The quantitative estimate of drug-likeness (QED) is 0.397. The molecule has 0 bridgehead atoms. The third-order valence-electron chi connectivity index (χ3n) is 4.55. The molecule has 0 spiro atoms. The molecule has 164 valence electrons. The molecule has 1 aliphatic rings. The van der Waals surface area contributed by atoms with Crippen molar-refractivity contribution in [2.75, 3.05) is 30.8 Å². The van der Waals surface area contributed by atoms with Crippen molar-refractivity contribution in [3.63, 3.8) is 0 Å². The molecular weight excluding hydrogens is 409 g/mol. The number of amides is 1. The van der Waals surface area contributed by atoms with E-state index in [0.29, 0.717) is 42.4 Å². The molecule has 31 heavy (non-hydrogen) atoms. The van der Waals surface area contributed by atoms with Crippen molar-refractivity contribution >= 4 is 23.4 Å². The summed E-state index contributed by atoms with van der Waals surface area (Å²) >= 11 is 0. The second-order valence-electron chi connectivity index (χ2n) is 7.03. The molecule has 1 amide bonds. The summed E-state index contributed by atoms with van der Waals surface area (Å²) in [7, 11) is 1.71. The maximum Gasteiger partial charge on any atom is 0.262 e. The van der Waals surface area contributed by atoms with Crippen LogP contribution in [0, 0.1) is 17.7 Å². The average molecular weight is 432 g/mol. The van der Waals surface area contributed by atoms with Gasteiger partial charge in [-0.05, 0) is 30.7 Å². The highest BCUT2D eigenvalue weighted by molar-refractivity contribution is 5.82. The van der Waals surface area contributed by atoms with Crippen molar-refractivity contribution < 1.29 is 18.0 Å². The minimum Gasteiger partial charge on any atom is -0.372 e. The Kier molecular flexibility index (Phi) is 7.31. The lowest BCUT2D eigenvalue weighted by molar-refractivity contribution is -0.123. The van der Waals surface area contributed by atoms with Crippen molar-refractivity contribution in [3.8, 4) is 11.8 Å². The molecule has 0 saturated carbocycles. The van der Waals surface area contributed by atoms with E-state index in [2.05, 4.69) is 43.1 Å². The van der Waals surface area contributed by atoms with E-state index in [1.165, 1.54) is 12.1 Å². The number of halogens is 3. The van der Waals surface area contributed by atoms with E-state index >= 15 is 0 Å². The highest BCUT2D eigenvalue weighted by atomic mass is 19.3. The molecule has 10 heteroatoms. The van der Waals surface area contributed by atoms with Gasteiger partial charge in [-0.15, -0.1) is 0 Å². The van der Waals surface area contributed by atoms with Crippen molar-refractivity contribution in [1.29, 1.82) is 0 Å². The maximum atomic E-state index is 13.1. The highest BCUT2D eigenvalue weighted by Gasteiger charge is 2.42. The molecule has 7 nitrogen and oxygen atoms in total. The Bertz CT molecular complexity index is 971. The first-order chi connectivity index (χ1) is 14.9. The number of nitrogens with zero attached hydrogens (tertiary/aromatic N) is 2. The van der Waals surface area contributed by atoms with Crippen LogP contribution in [-0.2, 0) is 4.79 Å². The molecule has 1 fully saturated rings. The molecule has 0 radical (unpaired) electrons. The van der Waals surface area contributed by atoms with E-state index in [9.17, 15) is 18.0 Å². The van der Waals surface area contributed by atoms with Crippen LogP contribution in [0.4, 0.5) is 30.6 Å². The summed E-state index contributed by atoms with van der Waals surface area (Å²) in [5.41, 5.74) is 1.26. The fourth-order valence-corrected chi connectivity index (χ4v) is 2.96. The number of unbranched alkanes of at least 4 members (excludes halogenated alkanes) is 1. The standard InChI is InChI=1S/C21H23F3N6O/c1-25-18-14(12-27-20(30-18)29-16-8-6-15(22)7-9-16)5-3-2-4-10-26-19(31)17-11-21(23,24)13-28-17/h6-9,12,17,28H,2,4,10-11,13H2,1H3,(H,26,31)(H2,25,27,29,30)/t17-/m0/s1. The van der Waals surface area contributed by atoms with Gasteiger partial charge >= 0.3 is 0 Å². The topological polar surface area (TPSA) is 91.0 Å². The zero-order valence-electron chi connectivity index (χ0n) is 16.9. The van der Waals surface area contributed by atoms with Crippen LogP contribution in [0.2, 0.25) is 0 Å². The first kappa shape index (κ1) is 22.4. The zero-order chi connectivity index (χ0) is 22.3. The molecule has 1 atom stereocenters. The number of hydrogen-bond acceptors (Lipinski definition) is 6. The Morgan fingerprint density at radius 3 is 2.77 bits per heavy atom. The van der Waals surface area contributed by atoms with Crippen LogP contribution in [0.25, 0.3) is 0 Å². The van der Waals surface area contributed by atoms with Crippen molar-refractivity contribution in [1.82, 2.24) is 20.6 Å². The van der Waals surface area contributed by atoms with Gasteiger partial charge in [0.1, 0.15) is 11.6 Å². The zero-order valence-corrected chi connectivity index (χ0v) is 16.9. The van der Waals surface area contributed by atoms with Gasteiger partial charge < -0.3 is 16.0 Å². The molecule has 1 saturated heterocycles. The van der Waals surface area contributed by atoms with E-state index in [0.717, 1.165) is 0 Å². The molecule has 2 aromatic rings. The molecule has 3 rings (SSSR count). The van der Waals surface area contributed by atoms with E-state index in [4.69, 9.17) is 0 Å². The number of aromatic nitrogens is 2. The van der Waals surface area contributed by atoms with E-state index in [-0.39, 0.29) is 5.82 Å². The summed E-state index contributed by atoms with van der Waals surface area (Å²) in [6.07, 6.45) is 2.19. The molecule has 0 aliphatic carbocycles. The predicted octanol–water partition coefficient (Wildman–Crippen LogP) is 2.65. The lowest BCUT2D eigenvalue weighted by Crippen LogP contribution is -2.40. The number of hydrogen-bond donors (Lipinski definition) is 4. The van der Waals surface area contributed by atoms with Gasteiger partial charge in [-0.1, -0.05) is 11.8 Å². The van der Waals surface area contributed by atoms with E-state index < -0.39 is 30.8 Å². The van der Waals surface area contributed by atoms with Crippen molar-refractivity contribution in [2.45, 2.75) is 31.2 Å². The SMILES string of the molecule is CNc1nc(Nc2ccc(F)cc2)ncc1C#CCCCNC(=O)[C@@H]1CC(F)(F)CN1. The molecule has 4 N–H and O–H groups in total. The van der Waals surface area contributed by atoms with Crippen LogP contribution >= 0.6 is 0 Å². The summed E-state index contributed by atoms with van der Waals surface area (Å²) in [5.74, 6) is 3.27. The molecule has 2 heterocycles. The van der Waals surface area contributed by atoms with Gasteiger partial charge in [-0.25, -0.2) is 18.2 Å². The van der Waals surface area contributed by atoms with Crippen molar-refractivity contribution in [2.24, 2.45) is 0 Å². The molecule has 1 aromatic heterocycles. The summed E-state index contributed by atoms with van der Waals surface area (Å²) < 4.78 is 39.2. The highest BCUT2D eigenvalue weighted by Crippen LogP contribution is 2.25. The van der Waals surface area contributed by atoms with Gasteiger partial charge in [0.2, 0.25) is 11.9 Å². The van der Waals surface area contributed by atoms with Crippen LogP contribution in [-0.4, -0.2) is 48.0 Å². The van der Waals surface area contributed by atoms with Gasteiger partial charge in [0.15, 0.2) is 0 Å². The first-order valence-corrected chi connectivity index (χ1v) is 9.81. The largest absolute Gasteiger partial charge is 0.372 e. The fraction of sp³-hybridized carbons (Fsp3) is 0.381. The number of nitrogens with one attached hydrogen (secondary N) is 4. The summed E-state index contributed by atoms with van der Waals surface area (Å²) in [6.45, 7) is -0.113. The van der Waals surface area contributed by atoms with Gasteiger partial charge in [0.05, 0.1) is 24.3 Å². The number of rotatable bonds is 7. The molecule has 1 aliphatic heterocycles. The Morgan fingerprint density at radius 2 is 2.10 bits per heavy atom. The first-order valence-electron chi connectivity index (χ1n) is 9.81. The predicted molar refractivity (Wildman–Crippen MR) is 112 cm³/mol. The van der Waals surface area contributed by atoms with Crippen LogP contribution in [0.3, 0.4) is 0 Å².